The molecular formula is C27H29Cl4FN6O2. The van der Waals surface area contributed by atoms with E-state index in [1.54, 1.807) is 18.3 Å². The number of ketones is 1. The van der Waals surface area contributed by atoms with Crippen LogP contribution in [-0.2, 0) is 0 Å². The first-order valence-electron chi connectivity index (χ1n) is 11.8. The topological polar surface area (TPSA) is 94.5 Å². The van der Waals surface area contributed by atoms with E-state index in [1.165, 1.54) is 19.2 Å². The van der Waals surface area contributed by atoms with Crippen LogP contribution in [0.15, 0.2) is 48.8 Å². The molecule has 13 heteroatoms. The maximum atomic E-state index is 14.1. The molecule has 0 amide bonds. The Labute approximate surface area is 255 Å². The van der Waals surface area contributed by atoms with Crippen LogP contribution in [-0.4, -0.2) is 64.0 Å². The number of pyridine rings is 3. The number of carbonyl (C=O) groups excluding carboxylic acids is 1. The Morgan fingerprint density at radius 1 is 1.12 bits per heavy atom. The molecular weight excluding hydrogens is 601 g/mol. The molecule has 1 aromatic carbocycles. The number of anilines is 3. The average Bonchev–Trinajstić information content (AvgIpc) is 3.38. The van der Waals surface area contributed by atoms with E-state index in [0.29, 0.717) is 45.3 Å². The van der Waals surface area contributed by atoms with Crippen LogP contribution in [0.1, 0.15) is 23.7 Å². The highest BCUT2D eigenvalue weighted by atomic mass is 35.5. The minimum Gasteiger partial charge on any atom is -0.504 e. The van der Waals surface area contributed by atoms with Crippen molar-refractivity contribution in [3.8, 4) is 17.0 Å². The number of phenolic OH excluding ortho intramolecular Hbond substituents is 1. The summed E-state index contributed by atoms with van der Waals surface area (Å²) in [5.41, 5.74) is 3.32. The van der Waals surface area contributed by atoms with E-state index in [4.69, 9.17) is 11.6 Å². The van der Waals surface area contributed by atoms with Crippen molar-refractivity contribution < 1.29 is 14.3 Å². The number of halogens is 5. The van der Waals surface area contributed by atoms with Gasteiger partial charge >= 0.3 is 0 Å². The van der Waals surface area contributed by atoms with Gasteiger partial charge in [-0.15, -0.1) is 37.2 Å². The van der Waals surface area contributed by atoms with Crippen LogP contribution in [0, 0.1) is 5.82 Å². The molecule has 3 aromatic heterocycles. The van der Waals surface area contributed by atoms with Gasteiger partial charge in [-0.05, 0) is 63.8 Å². The molecule has 0 radical (unpaired) electrons. The predicted molar refractivity (Wildman–Crippen MR) is 165 cm³/mol. The van der Waals surface area contributed by atoms with Crippen molar-refractivity contribution in [2.24, 2.45) is 0 Å². The van der Waals surface area contributed by atoms with Gasteiger partial charge in [0, 0.05) is 30.9 Å². The van der Waals surface area contributed by atoms with Crippen molar-refractivity contribution >= 4 is 82.8 Å². The molecule has 2 N–H and O–H groups in total. The summed E-state index contributed by atoms with van der Waals surface area (Å²) in [6, 6.07) is 10.4. The second kappa shape index (κ2) is 13.6. The van der Waals surface area contributed by atoms with E-state index in [-0.39, 0.29) is 48.0 Å². The Bertz CT molecular complexity index is 1480. The van der Waals surface area contributed by atoms with Gasteiger partial charge in [0.15, 0.2) is 17.3 Å². The van der Waals surface area contributed by atoms with Gasteiger partial charge in [0.1, 0.15) is 11.3 Å². The van der Waals surface area contributed by atoms with Crippen molar-refractivity contribution in [1.29, 1.82) is 0 Å². The van der Waals surface area contributed by atoms with E-state index >= 15 is 0 Å². The highest BCUT2D eigenvalue weighted by molar-refractivity contribution is 6.32. The van der Waals surface area contributed by atoms with Gasteiger partial charge in [-0.3, -0.25) is 9.78 Å². The quantitative estimate of drug-likeness (QED) is 0.232. The Hall–Kier alpha value is -2.95. The number of likely N-dealkylation sites (N-methyl/N-ethyl adjacent to an activating group) is 1. The van der Waals surface area contributed by atoms with Gasteiger partial charge in [-0.2, -0.15) is 0 Å². The number of carbonyl (C=O) groups is 1. The van der Waals surface area contributed by atoms with Gasteiger partial charge < -0.3 is 20.2 Å². The molecule has 4 aromatic rings. The van der Waals surface area contributed by atoms with Crippen LogP contribution in [0.4, 0.5) is 21.6 Å². The lowest BCUT2D eigenvalue weighted by atomic mass is 10.1. The molecule has 1 saturated heterocycles. The fraction of sp³-hybridized carbons (Fsp3) is 0.259. The standard InChI is InChI=1S/C27H26ClFN6O2.3ClH/c1-15(36)19-13-30-23-6-5-22(16-10-20(28)27(37)21(29)11-16)33-26(23)25(19)32-17-4-7-24(31-12-17)35-9-8-18(14-35)34(2)3;;;/h4-7,10-13,18,37H,8-9,14H2,1-3H3,(H,30,32);3*1H. The minimum absolute atomic E-state index is 0. The summed E-state index contributed by atoms with van der Waals surface area (Å²) in [5.74, 6) is -0.747. The third-order valence-corrected chi connectivity index (χ3v) is 6.93. The Morgan fingerprint density at radius 3 is 2.48 bits per heavy atom. The van der Waals surface area contributed by atoms with Gasteiger partial charge in [-0.1, -0.05) is 11.6 Å². The summed E-state index contributed by atoms with van der Waals surface area (Å²) in [6.07, 6.45) is 4.33. The molecule has 0 bridgehead atoms. The lowest BCUT2D eigenvalue weighted by Gasteiger charge is -2.21. The molecule has 40 heavy (non-hydrogen) atoms. The lowest BCUT2D eigenvalue weighted by molar-refractivity contribution is 0.101. The molecule has 1 aliphatic rings. The van der Waals surface area contributed by atoms with Gasteiger partial charge in [0.05, 0.1) is 39.4 Å². The molecule has 0 saturated carbocycles. The molecule has 1 atom stereocenters. The molecule has 1 unspecified atom stereocenters. The number of Topliss-reactive ketones (excluding diaryl/α,β-unsaturated/α-hetero) is 1. The third-order valence-electron chi connectivity index (χ3n) is 6.64. The van der Waals surface area contributed by atoms with Crippen molar-refractivity contribution in [3.05, 3.63) is 65.2 Å². The van der Waals surface area contributed by atoms with Crippen LogP contribution in [0.3, 0.4) is 0 Å². The fourth-order valence-corrected chi connectivity index (χ4v) is 4.70. The van der Waals surface area contributed by atoms with Gasteiger partial charge in [0.2, 0.25) is 0 Å². The summed E-state index contributed by atoms with van der Waals surface area (Å²) >= 11 is 5.98. The highest BCUT2D eigenvalue weighted by Gasteiger charge is 2.25. The zero-order valence-electron chi connectivity index (χ0n) is 21.9. The number of rotatable bonds is 6. The molecule has 1 aliphatic heterocycles. The van der Waals surface area contributed by atoms with Crippen LogP contribution >= 0.6 is 48.8 Å². The van der Waals surface area contributed by atoms with Gasteiger partial charge in [0.25, 0.3) is 0 Å². The van der Waals surface area contributed by atoms with Crippen LogP contribution in [0.2, 0.25) is 5.02 Å². The molecule has 214 valence electrons. The summed E-state index contributed by atoms with van der Waals surface area (Å²) in [5, 5.41) is 12.9. The molecule has 0 aliphatic carbocycles. The van der Waals surface area contributed by atoms with E-state index in [9.17, 15) is 14.3 Å². The maximum Gasteiger partial charge on any atom is 0.170 e. The minimum atomic E-state index is -0.848. The molecule has 8 nitrogen and oxygen atoms in total. The smallest absolute Gasteiger partial charge is 0.170 e. The van der Waals surface area contributed by atoms with Crippen molar-refractivity contribution in [1.82, 2.24) is 19.9 Å². The number of hydrogen-bond donors (Lipinski definition) is 2. The van der Waals surface area contributed by atoms with Crippen LogP contribution < -0.4 is 10.2 Å². The molecule has 0 spiro atoms. The first kappa shape index (κ1) is 33.3. The number of fused-ring (bicyclic) bond motifs is 1. The van der Waals surface area contributed by atoms with Crippen molar-refractivity contribution in [3.63, 3.8) is 0 Å². The summed E-state index contributed by atoms with van der Waals surface area (Å²) in [7, 11) is 4.18. The monoisotopic (exact) mass is 628 g/mol. The number of benzene rings is 1. The Balaban J connectivity index is 0.00000187. The lowest BCUT2D eigenvalue weighted by Crippen LogP contribution is -2.31. The number of aromatic nitrogens is 3. The summed E-state index contributed by atoms with van der Waals surface area (Å²) in [4.78, 5) is 30.7. The number of phenols is 1. The zero-order chi connectivity index (χ0) is 26.3. The Kier molecular flexibility index (Phi) is 11.3. The van der Waals surface area contributed by atoms with E-state index in [0.717, 1.165) is 31.4 Å². The predicted octanol–water partition coefficient (Wildman–Crippen LogP) is 6.54. The van der Waals surface area contributed by atoms with E-state index in [1.807, 2.05) is 12.1 Å². The molecule has 5 rings (SSSR count). The van der Waals surface area contributed by atoms with Crippen LogP contribution in [0.5, 0.6) is 5.75 Å². The number of hydrogen-bond acceptors (Lipinski definition) is 8. The first-order chi connectivity index (χ1) is 17.7. The average molecular weight is 630 g/mol. The highest BCUT2D eigenvalue weighted by Crippen LogP contribution is 2.34. The number of aromatic hydroxyl groups is 1. The Morgan fingerprint density at radius 2 is 1.88 bits per heavy atom. The summed E-state index contributed by atoms with van der Waals surface area (Å²) in [6.45, 7) is 3.33. The third kappa shape index (κ3) is 6.67. The van der Waals surface area contributed by atoms with E-state index < -0.39 is 11.6 Å². The fourth-order valence-electron chi connectivity index (χ4n) is 4.50. The first-order valence-corrected chi connectivity index (χ1v) is 12.2. The zero-order valence-corrected chi connectivity index (χ0v) is 25.1. The summed E-state index contributed by atoms with van der Waals surface area (Å²) < 4.78 is 14.1. The molecule has 4 heterocycles. The normalized spacial score (nSPS) is 14.3. The second-order valence-electron chi connectivity index (χ2n) is 9.34. The SMILES string of the molecule is CC(=O)c1cnc2ccc(-c3cc(F)c(O)c(Cl)c3)nc2c1Nc1ccc(N2CCC(N(C)C)C2)nc1.Cl.Cl.Cl. The largest absolute Gasteiger partial charge is 0.504 e. The van der Waals surface area contributed by atoms with Crippen LogP contribution in [0.25, 0.3) is 22.3 Å². The van der Waals surface area contributed by atoms with E-state index in [2.05, 4.69) is 44.2 Å². The van der Waals surface area contributed by atoms with Gasteiger partial charge in [-0.25, -0.2) is 14.4 Å². The van der Waals surface area contributed by atoms with Crippen molar-refractivity contribution in [2.45, 2.75) is 19.4 Å². The second-order valence-corrected chi connectivity index (χ2v) is 9.75. The van der Waals surface area contributed by atoms with Crippen molar-refractivity contribution in [2.75, 3.05) is 37.4 Å². The molecule has 1 fully saturated rings. The number of nitrogens with one attached hydrogen (secondary N) is 1. The number of nitrogens with zero attached hydrogens (tertiary/aromatic N) is 5. The maximum absolute atomic E-state index is 14.1.